The van der Waals surface area contributed by atoms with Gasteiger partial charge in [-0.1, -0.05) is 11.6 Å². The minimum atomic E-state index is -0.514. The van der Waals surface area contributed by atoms with Gasteiger partial charge in [0.1, 0.15) is 11.9 Å². The van der Waals surface area contributed by atoms with E-state index >= 15 is 0 Å². The minimum absolute atomic E-state index is 0.0677. The Kier molecular flexibility index (Phi) is 4.33. The molecule has 0 radical (unpaired) electrons. The average molecular weight is 250 g/mol. The van der Waals surface area contributed by atoms with Crippen LogP contribution in [0.4, 0.5) is 0 Å². The Bertz CT molecular complexity index is 422. The molecule has 18 heavy (non-hydrogen) atoms. The first kappa shape index (κ1) is 13.1. The normalized spacial score (nSPS) is 19.6. The molecular formula is C14H18O4. The largest absolute Gasteiger partial charge is 0.493 e. The molecule has 2 rings (SSSR count). The maximum atomic E-state index is 12.4. The number of carbonyl (C=O) groups is 1. The molecule has 0 aromatic heterocycles. The first-order chi connectivity index (χ1) is 8.72. The lowest BCUT2D eigenvalue weighted by molar-refractivity contribution is -0.0719. The Morgan fingerprint density at radius 1 is 1.44 bits per heavy atom. The lowest BCUT2D eigenvalue weighted by Crippen LogP contribution is -2.35. The number of hydrogen-bond acceptors (Lipinski definition) is 4. The highest BCUT2D eigenvalue weighted by Gasteiger charge is 2.26. The third kappa shape index (κ3) is 2.89. The van der Waals surface area contributed by atoms with Crippen molar-refractivity contribution < 1.29 is 19.0 Å². The third-order valence-electron chi connectivity index (χ3n) is 2.81. The van der Waals surface area contributed by atoms with E-state index in [0.717, 1.165) is 5.56 Å². The van der Waals surface area contributed by atoms with Crippen LogP contribution in [0.15, 0.2) is 18.2 Å². The highest BCUT2D eigenvalue weighted by Crippen LogP contribution is 2.23. The predicted octanol–water partition coefficient (Wildman–Crippen LogP) is 1.99. The molecule has 0 N–H and O–H groups in total. The first-order valence-electron chi connectivity index (χ1n) is 6.19. The molecule has 4 nitrogen and oxygen atoms in total. The van der Waals surface area contributed by atoms with Crippen molar-refractivity contribution in [1.82, 2.24) is 0 Å². The van der Waals surface area contributed by atoms with E-state index in [2.05, 4.69) is 0 Å². The smallest absolute Gasteiger partial charge is 0.197 e. The Balaban J connectivity index is 2.24. The molecule has 0 aliphatic carbocycles. The van der Waals surface area contributed by atoms with Crippen molar-refractivity contribution in [1.29, 1.82) is 0 Å². The van der Waals surface area contributed by atoms with Crippen LogP contribution in [0, 0.1) is 6.92 Å². The summed E-state index contributed by atoms with van der Waals surface area (Å²) in [6.07, 6.45) is -0.514. The molecular weight excluding hydrogens is 232 g/mol. The van der Waals surface area contributed by atoms with E-state index < -0.39 is 6.10 Å². The maximum absolute atomic E-state index is 12.4. The van der Waals surface area contributed by atoms with Crippen LogP contribution in [0.2, 0.25) is 0 Å². The summed E-state index contributed by atoms with van der Waals surface area (Å²) in [6.45, 7) is 5.71. The van der Waals surface area contributed by atoms with Crippen molar-refractivity contribution >= 4 is 5.78 Å². The molecule has 1 aliphatic rings. The van der Waals surface area contributed by atoms with Crippen molar-refractivity contribution in [2.75, 3.05) is 26.4 Å². The summed E-state index contributed by atoms with van der Waals surface area (Å²) in [4.78, 5) is 12.4. The van der Waals surface area contributed by atoms with Crippen LogP contribution >= 0.6 is 0 Å². The van der Waals surface area contributed by atoms with Crippen LogP contribution in [0.25, 0.3) is 0 Å². The van der Waals surface area contributed by atoms with Crippen LogP contribution in [-0.4, -0.2) is 38.3 Å². The van der Waals surface area contributed by atoms with Gasteiger partial charge in [0.2, 0.25) is 0 Å². The van der Waals surface area contributed by atoms with Gasteiger partial charge in [0.05, 0.1) is 32.0 Å². The molecule has 0 bridgehead atoms. The van der Waals surface area contributed by atoms with Gasteiger partial charge in [-0.25, -0.2) is 0 Å². The van der Waals surface area contributed by atoms with Gasteiger partial charge < -0.3 is 14.2 Å². The van der Waals surface area contributed by atoms with Gasteiger partial charge in [0.25, 0.3) is 0 Å². The molecule has 0 amide bonds. The van der Waals surface area contributed by atoms with Crippen molar-refractivity contribution in [3.05, 3.63) is 29.3 Å². The number of ketones is 1. The predicted molar refractivity (Wildman–Crippen MR) is 67.2 cm³/mol. The molecule has 1 heterocycles. The highest BCUT2D eigenvalue weighted by atomic mass is 16.6. The lowest BCUT2D eigenvalue weighted by atomic mass is 10.0. The second-order valence-electron chi connectivity index (χ2n) is 4.23. The minimum Gasteiger partial charge on any atom is -0.493 e. The van der Waals surface area contributed by atoms with E-state index in [9.17, 15) is 4.79 Å². The van der Waals surface area contributed by atoms with E-state index in [-0.39, 0.29) is 5.78 Å². The molecule has 1 aromatic carbocycles. The Hall–Kier alpha value is -1.39. The standard InChI is InChI=1S/C14H18O4/c1-3-17-12-5-4-10(2)8-11(12)14(15)13-9-16-6-7-18-13/h4-5,8,13H,3,6-7,9H2,1-2H3. The number of aryl methyl sites for hydroxylation is 1. The van der Waals surface area contributed by atoms with Gasteiger partial charge >= 0.3 is 0 Å². The second kappa shape index (κ2) is 5.98. The summed E-state index contributed by atoms with van der Waals surface area (Å²) in [6, 6.07) is 5.60. The van der Waals surface area contributed by atoms with Gasteiger partial charge in [0.15, 0.2) is 5.78 Å². The SMILES string of the molecule is CCOc1ccc(C)cc1C(=O)C1COCCO1. The zero-order chi connectivity index (χ0) is 13.0. The quantitative estimate of drug-likeness (QED) is 0.767. The topological polar surface area (TPSA) is 44.8 Å². The molecule has 1 unspecified atom stereocenters. The summed E-state index contributed by atoms with van der Waals surface area (Å²) in [7, 11) is 0. The van der Waals surface area contributed by atoms with E-state index in [4.69, 9.17) is 14.2 Å². The second-order valence-corrected chi connectivity index (χ2v) is 4.23. The summed E-state index contributed by atoms with van der Waals surface area (Å²) in [5.41, 5.74) is 1.60. The number of carbonyl (C=O) groups excluding carboxylic acids is 1. The van der Waals surface area contributed by atoms with E-state index in [1.807, 2.05) is 32.0 Å². The monoisotopic (exact) mass is 250 g/mol. The van der Waals surface area contributed by atoms with Crippen LogP contribution in [0.3, 0.4) is 0 Å². The van der Waals surface area contributed by atoms with Crippen molar-refractivity contribution in [2.24, 2.45) is 0 Å². The van der Waals surface area contributed by atoms with Crippen molar-refractivity contribution in [3.8, 4) is 5.75 Å². The van der Waals surface area contributed by atoms with E-state index in [1.165, 1.54) is 0 Å². The molecule has 1 atom stereocenters. The third-order valence-corrected chi connectivity index (χ3v) is 2.81. The molecule has 98 valence electrons. The van der Waals surface area contributed by atoms with Crippen LogP contribution in [-0.2, 0) is 9.47 Å². The van der Waals surface area contributed by atoms with Crippen molar-refractivity contribution in [2.45, 2.75) is 20.0 Å². The molecule has 1 fully saturated rings. The van der Waals surface area contributed by atoms with Gasteiger partial charge in [0, 0.05) is 0 Å². The Morgan fingerprint density at radius 3 is 2.94 bits per heavy atom. The van der Waals surface area contributed by atoms with E-state index in [1.54, 1.807) is 0 Å². The summed E-state index contributed by atoms with van der Waals surface area (Å²) < 4.78 is 16.2. The number of hydrogen-bond donors (Lipinski definition) is 0. The lowest BCUT2D eigenvalue weighted by Gasteiger charge is -2.22. The molecule has 1 aliphatic heterocycles. The first-order valence-corrected chi connectivity index (χ1v) is 6.19. The fraction of sp³-hybridized carbons (Fsp3) is 0.500. The Labute approximate surface area is 107 Å². The van der Waals surface area contributed by atoms with E-state index in [0.29, 0.717) is 37.7 Å². The average Bonchev–Trinajstić information content (AvgIpc) is 2.41. The zero-order valence-electron chi connectivity index (χ0n) is 10.8. The van der Waals surface area contributed by atoms with Gasteiger partial charge in [-0.15, -0.1) is 0 Å². The number of Topliss-reactive ketones (excluding diaryl/α,β-unsaturated/α-hetero) is 1. The fourth-order valence-corrected chi connectivity index (χ4v) is 1.93. The van der Waals surface area contributed by atoms with Crippen LogP contribution in [0.1, 0.15) is 22.8 Å². The number of benzene rings is 1. The molecule has 4 heteroatoms. The summed E-state index contributed by atoms with van der Waals surface area (Å²) >= 11 is 0. The highest BCUT2D eigenvalue weighted by molar-refractivity contribution is 6.02. The number of rotatable bonds is 4. The Morgan fingerprint density at radius 2 is 2.28 bits per heavy atom. The summed E-state index contributed by atoms with van der Waals surface area (Å²) in [5, 5.41) is 0. The van der Waals surface area contributed by atoms with Gasteiger partial charge in [-0.2, -0.15) is 0 Å². The maximum Gasteiger partial charge on any atom is 0.197 e. The zero-order valence-corrected chi connectivity index (χ0v) is 10.8. The molecule has 0 saturated carbocycles. The van der Waals surface area contributed by atoms with Crippen LogP contribution < -0.4 is 4.74 Å². The molecule has 0 spiro atoms. The molecule has 1 aromatic rings. The summed E-state index contributed by atoms with van der Waals surface area (Å²) in [5.74, 6) is 0.545. The van der Waals surface area contributed by atoms with Gasteiger partial charge in [-0.3, -0.25) is 4.79 Å². The van der Waals surface area contributed by atoms with Gasteiger partial charge in [-0.05, 0) is 26.0 Å². The number of ether oxygens (including phenoxy) is 3. The van der Waals surface area contributed by atoms with Crippen LogP contribution in [0.5, 0.6) is 5.75 Å². The van der Waals surface area contributed by atoms with Crippen molar-refractivity contribution in [3.63, 3.8) is 0 Å². The fourth-order valence-electron chi connectivity index (χ4n) is 1.93. The molecule has 1 saturated heterocycles.